The topological polar surface area (TPSA) is 47.9 Å². The predicted octanol–water partition coefficient (Wildman–Crippen LogP) is 1.01. The molecule has 0 spiro atoms. The summed E-state index contributed by atoms with van der Waals surface area (Å²) in [6, 6.07) is 0. The molecule has 70 valence electrons. The fraction of sp³-hybridized carbons (Fsp3) is 0.444. The molecule has 0 aliphatic carbocycles. The maximum absolute atomic E-state index is 5.30. The fourth-order valence-electron chi connectivity index (χ4n) is 0.802. The van der Waals surface area contributed by atoms with E-state index < -0.39 is 0 Å². The molecular weight excluding hydrogens is 166 g/mol. The maximum atomic E-state index is 5.30. The molecule has 0 saturated heterocycles. The molecule has 0 N–H and O–H groups in total. The number of nitrogens with zero attached hydrogens (tertiary/aromatic N) is 3. The van der Waals surface area contributed by atoms with Crippen molar-refractivity contribution in [1.82, 2.24) is 15.0 Å². The van der Waals surface area contributed by atoms with Gasteiger partial charge in [0.2, 0.25) is 0 Å². The van der Waals surface area contributed by atoms with Crippen LogP contribution in [0.3, 0.4) is 0 Å². The van der Waals surface area contributed by atoms with Gasteiger partial charge in [-0.3, -0.25) is 0 Å². The Morgan fingerprint density at radius 3 is 2.77 bits per heavy atom. The van der Waals surface area contributed by atoms with Crippen LogP contribution < -0.4 is 0 Å². The summed E-state index contributed by atoms with van der Waals surface area (Å²) in [6.07, 6.45) is 3.69. The molecule has 1 aromatic heterocycles. The first-order valence-electron chi connectivity index (χ1n) is 4.12. The molecule has 0 bridgehead atoms. The van der Waals surface area contributed by atoms with Gasteiger partial charge in [-0.2, -0.15) is 0 Å². The molecule has 0 aliphatic heterocycles. The highest BCUT2D eigenvalue weighted by molar-refractivity contribution is 4.87. The molecule has 4 heteroatoms. The molecule has 1 aromatic rings. The second kappa shape index (κ2) is 5.37. The molecule has 0 aliphatic rings. The lowest BCUT2D eigenvalue weighted by atomic mass is 10.4. The van der Waals surface area contributed by atoms with Crippen LogP contribution in [-0.4, -0.2) is 28.2 Å². The van der Waals surface area contributed by atoms with Crippen molar-refractivity contribution < 1.29 is 4.74 Å². The third-order valence-electron chi connectivity index (χ3n) is 1.37. The number of aromatic nitrogens is 3. The summed E-state index contributed by atoms with van der Waals surface area (Å²) >= 11 is 0. The summed E-state index contributed by atoms with van der Waals surface area (Å²) in [7, 11) is 0. The first-order chi connectivity index (χ1) is 6.29. The van der Waals surface area contributed by atoms with Crippen LogP contribution in [0.25, 0.3) is 0 Å². The molecule has 1 heterocycles. The molecule has 0 aromatic carbocycles. The van der Waals surface area contributed by atoms with Crippen molar-refractivity contribution in [3.05, 3.63) is 30.6 Å². The number of hydrogen-bond donors (Lipinski definition) is 0. The lowest BCUT2D eigenvalue weighted by molar-refractivity contribution is 0.158. The van der Waals surface area contributed by atoms with E-state index in [1.807, 2.05) is 6.92 Å². The number of rotatable bonds is 5. The van der Waals surface area contributed by atoms with Crippen molar-refractivity contribution >= 4 is 0 Å². The standard InChI is InChI=1S/C9H13N3O/c1-8(2)5-13-4-3-9-11-6-10-7-12-9/h6-7H,1,3-5H2,2H3. The zero-order chi connectivity index (χ0) is 9.52. The molecular formula is C9H13N3O. The van der Waals surface area contributed by atoms with Gasteiger partial charge in [0.1, 0.15) is 18.5 Å². The molecule has 0 fully saturated rings. The van der Waals surface area contributed by atoms with Gasteiger partial charge in [-0.1, -0.05) is 12.2 Å². The van der Waals surface area contributed by atoms with Crippen LogP contribution in [0.5, 0.6) is 0 Å². The van der Waals surface area contributed by atoms with Gasteiger partial charge in [0.05, 0.1) is 13.2 Å². The predicted molar refractivity (Wildman–Crippen MR) is 49.2 cm³/mol. The third kappa shape index (κ3) is 4.32. The van der Waals surface area contributed by atoms with Crippen LogP contribution in [0.1, 0.15) is 12.7 Å². The Labute approximate surface area is 77.7 Å². The van der Waals surface area contributed by atoms with Crippen LogP contribution in [0, 0.1) is 0 Å². The molecule has 0 atom stereocenters. The van der Waals surface area contributed by atoms with Crippen molar-refractivity contribution in [3.8, 4) is 0 Å². The lowest BCUT2D eigenvalue weighted by Gasteiger charge is -2.01. The van der Waals surface area contributed by atoms with Gasteiger partial charge in [-0.15, -0.1) is 0 Å². The monoisotopic (exact) mass is 179 g/mol. The summed E-state index contributed by atoms with van der Waals surface area (Å²) in [5, 5.41) is 0. The van der Waals surface area contributed by atoms with Crippen molar-refractivity contribution in [2.24, 2.45) is 0 Å². The first-order valence-corrected chi connectivity index (χ1v) is 4.12. The quantitative estimate of drug-likeness (QED) is 0.500. The normalized spacial score (nSPS) is 9.92. The number of ether oxygens (including phenoxy) is 1. The van der Waals surface area contributed by atoms with Gasteiger partial charge in [0.15, 0.2) is 0 Å². The van der Waals surface area contributed by atoms with Crippen LogP contribution >= 0.6 is 0 Å². The van der Waals surface area contributed by atoms with Crippen LogP contribution in [0.4, 0.5) is 0 Å². The minimum absolute atomic E-state index is 0.602. The Kier molecular flexibility index (Phi) is 4.05. The Bertz CT molecular complexity index is 261. The number of hydrogen-bond acceptors (Lipinski definition) is 4. The second-order valence-corrected chi connectivity index (χ2v) is 2.81. The molecule has 4 nitrogen and oxygen atoms in total. The lowest BCUT2D eigenvalue weighted by Crippen LogP contribution is -2.03. The Hall–Kier alpha value is -1.29. The van der Waals surface area contributed by atoms with Gasteiger partial charge in [-0.05, 0) is 6.92 Å². The molecule has 1 rings (SSSR count). The van der Waals surface area contributed by atoms with Crippen molar-refractivity contribution in [1.29, 1.82) is 0 Å². The summed E-state index contributed by atoms with van der Waals surface area (Å²) < 4.78 is 5.30. The molecule has 0 unspecified atom stereocenters. The first kappa shape index (κ1) is 9.80. The Morgan fingerprint density at radius 2 is 2.15 bits per heavy atom. The largest absolute Gasteiger partial charge is 0.377 e. The van der Waals surface area contributed by atoms with Gasteiger partial charge >= 0.3 is 0 Å². The minimum Gasteiger partial charge on any atom is -0.377 e. The molecule has 0 saturated carbocycles. The van der Waals surface area contributed by atoms with E-state index in [0.29, 0.717) is 13.2 Å². The Morgan fingerprint density at radius 1 is 1.46 bits per heavy atom. The Balaban J connectivity index is 2.17. The SMILES string of the molecule is C=C(C)COCCc1ncncn1. The van der Waals surface area contributed by atoms with E-state index in [2.05, 4.69) is 21.5 Å². The van der Waals surface area contributed by atoms with Gasteiger partial charge in [-0.25, -0.2) is 15.0 Å². The van der Waals surface area contributed by atoms with Gasteiger partial charge in [0, 0.05) is 6.42 Å². The summed E-state index contributed by atoms with van der Waals surface area (Å²) in [6.45, 7) is 6.89. The van der Waals surface area contributed by atoms with Crippen molar-refractivity contribution in [3.63, 3.8) is 0 Å². The zero-order valence-electron chi connectivity index (χ0n) is 7.73. The van der Waals surface area contributed by atoms with Crippen molar-refractivity contribution in [2.75, 3.05) is 13.2 Å². The van der Waals surface area contributed by atoms with Gasteiger partial charge < -0.3 is 4.74 Å². The summed E-state index contributed by atoms with van der Waals surface area (Å²) in [4.78, 5) is 11.7. The van der Waals surface area contributed by atoms with E-state index in [0.717, 1.165) is 17.8 Å². The third-order valence-corrected chi connectivity index (χ3v) is 1.37. The van der Waals surface area contributed by atoms with Crippen LogP contribution in [0.15, 0.2) is 24.8 Å². The molecule has 13 heavy (non-hydrogen) atoms. The van der Waals surface area contributed by atoms with Crippen LogP contribution in [0.2, 0.25) is 0 Å². The van der Waals surface area contributed by atoms with E-state index in [1.165, 1.54) is 12.7 Å². The molecule has 0 amide bonds. The highest BCUT2D eigenvalue weighted by atomic mass is 16.5. The molecule has 0 radical (unpaired) electrons. The average Bonchev–Trinajstić information content (AvgIpc) is 2.14. The van der Waals surface area contributed by atoms with Crippen LogP contribution in [-0.2, 0) is 11.2 Å². The smallest absolute Gasteiger partial charge is 0.134 e. The second-order valence-electron chi connectivity index (χ2n) is 2.81. The average molecular weight is 179 g/mol. The van der Waals surface area contributed by atoms with E-state index in [4.69, 9.17) is 4.74 Å². The highest BCUT2D eigenvalue weighted by Gasteiger charge is 1.94. The van der Waals surface area contributed by atoms with E-state index >= 15 is 0 Å². The van der Waals surface area contributed by atoms with Crippen molar-refractivity contribution in [2.45, 2.75) is 13.3 Å². The van der Waals surface area contributed by atoms with E-state index in [1.54, 1.807) is 0 Å². The maximum Gasteiger partial charge on any atom is 0.134 e. The summed E-state index contributed by atoms with van der Waals surface area (Å²) in [5.74, 6) is 0.761. The minimum atomic E-state index is 0.602. The van der Waals surface area contributed by atoms with E-state index in [-0.39, 0.29) is 0 Å². The van der Waals surface area contributed by atoms with Gasteiger partial charge in [0.25, 0.3) is 0 Å². The summed E-state index contributed by atoms with van der Waals surface area (Å²) in [5.41, 5.74) is 1.02. The fourth-order valence-corrected chi connectivity index (χ4v) is 0.802. The highest BCUT2D eigenvalue weighted by Crippen LogP contribution is 1.92. The zero-order valence-corrected chi connectivity index (χ0v) is 7.73. The van der Waals surface area contributed by atoms with E-state index in [9.17, 15) is 0 Å².